The van der Waals surface area contributed by atoms with Gasteiger partial charge in [0.25, 0.3) is 15.9 Å². The molecule has 0 fully saturated rings. The number of ether oxygens (including phenoxy) is 1. The summed E-state index contributed by atoms with van der Waals surface area (Å²) in [6, 6.07) is 15.0. The number of benzene rings is 2. The number of hydrogen-bond donors (Lipinski definition) is 1. The number of Topliss-reactive ketones (excluding diaryl/α,β-unsaturated/α-hetero) is 1. The summed E-state index contributed by atoms with van der Waals surface area (Å²) in [6.07, 6.45) is 1.37. The van der Waals surface area contributed by atoms with Crippen LogP contribution in [0.25, 0.3) is 0 Å². The largest absolute Gasteiger partial charge is 0.470 e. The molecule has 0 aliphatic heterocycles. The standard InChI is InChI=1S/C19H16BrN3O4S/c1-13(24)15-7-9-16(10-8-15)28(25,26)23-18-19(22-17(20)11-21-18)27-12-14-5-3-2-4-6-14/h2-11H,12H2,1H3,(H,21,23). The molecule has 0 atom stereocenters. The van der Waals surface area contributed by atoms with Gasteiger partial charge in [-0.05, 0) is 40.5 Å². The van der Waals surface area contributed by atoms with Crippen LogP contribution in [-0.2, 0) is 16.6 Å². The van der Waals surface area contributed by atoms with Gasteiger partial charge in [-0.3, -0.25) is 9.52 Å². The van der Waals surface area contributed by atoms with E-state index in [1.54, 1.807) is 0 Å². The maximum atomic E-state index is 12.7. The summed E-state index contributed by atoms with van der Waals surface area (Å²) >= 11 is 3.21. The first-order valence-electron chi connectivity index (χ1n) is 8.18. The minimum Gasteiger partial charge on any atom is -0.470 e. The Morgan fingerprint density at radius 1 is 1.11 bits per heavy atom. The van der Waals surface area contributed by atoms with Crippen molar-refractivity contribution in [3.05, 3.63) is 76.5 Å². The zero-order valence-electron chi connectivity index (χ0n) is 14.8. The fourth-order valence-electron chi connectivity index (χ4n) is 2.30. The van der Waals surface area contributed by atoms with Gasteiger partial charge in [-0.2, -0.15) is 0 Å². The van der Waals surface area contributed by atoms with Crippen LogP contribution in [0.3, 0.4) is 0 Å². The summed E-state index contributed by atoms with van der Waals surface area (Å²) in [6.45, 7) is 1.61. The van der Waals surface area contributed by atoms with Gasteiger partial charge in [0.05, 0.1) is 11.1 Å². The second-order valence-corrected chi connectivity index (χ2v) is 8.30. The lowest BCUT2D eigenvalue weighted by atomic mass is 10.2. The molecule has 0 radical (unpaired) electrons. The Balaban J connectivity index is 1.83. The molecule has 0 aliphatic carbocycles. The number of nitrogens with one attached hydrogen (secondary N) is 1. The highest BCUT2D eigenvalue weighted by Crippen LogP contribution is 2.25. The molecule has 0 aliphatic rings. The summed E-state index contributed by atoms with van der Waals surface area (Å²) in [4.78, 5) is 19.6. The number of anilines is 1. The molecule has 3 rings (SSSR count). The SMILES string of the molecule is CC(=O)c1ccc(S(=O)(=O)Nc2ncc(Br)nc2OCc2ccccc2)cc1. The molecular formula is C19H16BrN3O4S. The van der Waals surface area contributed by atoms with E-state index in [1.807, 2.05) is 30.3 Å². The summed E-state index contributed by atoms with van der Waals surface area (Å²) in [5, 5.41) is 0. The molecule has 1 aromatic heterocycles. The topological polar surface area (TPSA) is 98.2 Å². The lowest BCUT2D eigenvalue weighted by Crippen LogP contribution is -2.15. The molecule has 7 nitrogen and oxygen atoms in total. The predicted octanol–water partition coefficient (Wildman–Crippen LogP) is 3.82. The van der Waals surface area contributed by atoms with Gasteiger partial charge in [-0.15, -0.1) is 0 Å². The zero-order chi connectivity index (χ0) is 20.1. The number of halogens is 1. The number of ketones is 1. The van der Waals surface area contributed by atoms with E-state index in [0.717, 1.165) is 5.56 Å². The van der Waals surface area contributed by atoms with E-state index in [1.165, 1.54) is 37.4 Å². The van der Waals surface area contributed by atoms with Crippen LogP contribution in [0.5, 0.6) is 5.88 Å². The van der Waals surface area contributed by atoms with Crippen LogP contribution < -0.4 is 9.46 Å². The average Bonchev–Trinajstić information content (AvgIpc) is 2.69. The predicted molar refractivity (Wildman–Crippen MR) is 108 cm³/mol. The molecule has 1 N–H and O–H groups in total. The van der Waals surface area contributed by atoms with Crippen molar-refractivity contribution in [2.24, 2.45) is 0 Å². The average molecular weight is 462 g/mol. The van der Waals surface area contributed by atoms with Crippen molar-refractivity contribution in [1.29, 1.82) is 0 Å². The van der Waals surface area contributed by atoms with Gasteiger partial charge in [-0.25, -0.2) is 18.4 Å². The summed E-state index contributed by atoms with van der Waals surface area (Å²) in [5.74, 6) is -0.135. The molecule has 0 amide bonds. The Hall–Kier alpha value is -2.78. The third-order valence-corrected chi connectivity index (χ3v) is 5.47. The number of aromatic nitrogens is 2. The van der Waals surface area contributed by atoms with E-state index in [4.69, 9.17) is 4.74 Å². The van der Waals surface area contributed by atoms with Gasteiger partial charge in [0.15, 0.2) is 5.78 Å². The van der Waals surface area contributed by atoms with Crippen molar-refractivity contribution in [3.8, 4) is 5.88 Å². The molecular weight excluding hydrogens is 446 g/mol. The van der Waals surface area contributed by atoms with Gasteiger partial charge in [0.1, 0.15) is 11.2 Å². The van der Waals surface area contributed by atoms with Gasteiger partial charge in [0.2, 0.25) is 5.82 Å². The summed E-state index contributed by atoms with van der Waals surface area (Å²) in [5.41, 5.74) is 1.33. The first kappa shape index (κ1) is 20.0. The first-order chi connectivity index (χ1) is 13.3. The molecule has 0 spiro atoms. The van der Waals surface area contributed by atoms with E-state index in [9.17, 15) is 13.2 Å². The molecule has 0 saturated carbocycles. The first-order valence-corrected chi connectivity index (χ1v) is 10.5. The zero-order valence-corrected chi connectivity index (χ0v) is 17.2. The molecule has 1 heterocycles. The van der Waals surface area contributed by atoms with Crippen molar-refractivity contribution in [2.75, 3.05) is 4.72 Å². The van der Waals surface area contributed by atoms with E-state index in [-0.39, 0.29) is 29.0 Å². The van der Waals surface area contributed by atoms with Gasteiger partial charge < -0.3 is 4.74 Å². The van der Waals surface area contributed by atoms with Crippen LogP contribution in [0.2, 0.25) is 0 Å². The number of hydrogen-bond acceptors (Lipinski definition) is 6. The van der Waals surface area contributed by atoms with E-state index >= 15 is 0 Å². The Labute approximate surface area is 171 Å². The molecule has 144 valence electrons. The molecule has 28 heavy (non-hydrogen) atoms. The normalized spacial score (nSPS) is 11.1. The van der Waals surface area contributed by atoms with Crippen molar-refractivity contribution < 1.29 is 17.9 Å². The van der Waals surface area contributed by atoms with Crippen molar-refractivity contribution in [2.45, 2.75) is 18.4 Å². The lowest BCUT2D eigenvalue weighted by Gasteiger charge is -2.12. The summed E-state index contributed by atoms with van der Waals surface area (Å²) in [7, 11) is -3.93. The highest BCUT2D eigenvalue weighted by molar-refractivity contribution is 9.10. The maximum Gasteiger partial charge on any atom is 0.263 e. The van der Waals surface area contributed by atoms with Gasteiger partial charge >= 0.3 is 0 Å². The fraction of sp³-hybridized carbons (Fsp3) is 0.105. The van der Waals surface area contributed by atoms with E-state index < -0.39 is 10.0 Å². The third-order valence-electron chi connectivity index (χ3n) is 3.73. The number of carbonyl (C=O) groups excluding carboxylic acids is 1. The van der Waals surface area contributed by atoms with Gasteiger partial charge in [-0.1, -0.05) is 42.5 Å². The van der Waals surface area contributed by atoms with Crippen LogP contribution in [0.4, 0.5) is 5.82 Å². The lowest BCUT2D eigenvalue weighted by molar-refractivity contribution is 0.101. The van der Waals surface area contributed by atoms with Crippen molar-refractivity contribution >= 4 is 37.6 Å². The van der Waals surface area contributed by atoms with Crippen LogP contribution in [0.1, 0.15) is 22.8 Å². The van der Waals surface area contributed by atoms with Crippen LogP contribution in [0.15, 0.2) is 70.3 Å². The van der Waals surface area contributed by atoms with Crippen LogP contribution in [0, 0.1) is 0 Å². The second-order valence-electron chi connectivity index (χ2n) is 5.81. The Kier molecular flexibility index (Phi) is 6.05. The van der Waals surface area contributed by atoms with Gasteiger partial charge in [0, 0.05) is 5.56 Å². The minimum atomic E-state index is -3.93. The molecule has 2 aromatic carbocycles. The molecule has 0 unspecified atom stereocenters. The monoisotopic (exact) mass is 461 g/mol. The molecule has 0 bridgehead atoms. The minimum absolute atomic E-state index is 0.00349. The number of nitrogens with zero attached hydrogens (tertiary/aromatic N) is 2. The maximum absolute atomic E-state index is 12.7. The van der Waals surface area contributed by atoms with Crippen LogP contribution in [-0.4, -0.2) is 24.2 Å². The second kappa shape index (κ2) is 8.49. The van der Waals surface area contributed by atoms with Crippen molar-refractivity contribution in [3.63, 3.8) is 0 Å². The van der Waals surface area contributed by atoms with Crippen LogP contribution >= 0.6 is 15.9 Å². The quantitative estimate of drug-likeness (QED) is 0.536. The Morgan fingerprint density at radius 2 is 1.79 bits per heavy atom. The highest BCUT2D eigenvalue weighted by Gasteiger charge is 2.19. The Morgan fingerprint density at radius 3 is 2.43 bits per heavy atom. The molecule has 9 heteroatoms. The third kappa shape index (κ3) is 4.93. The summed E-state index contributed by atoms with van der Waals surface area (Å²) < 4.78 is 33.8. The molecule has 0 saturated heterocycles. The number of sulfonamides is 1. The molecule has 3 aromatic rings. The Bertz CT molecular complexity index is 1090. The smallest absolute Gasteiger partial charge is 0.263 e. The number of carbonyl (C=O) groups is 1. The van der Waals surface area contributed by atoms with E-state index in [2.05, 4.69) is 30.6 Å². The highest BCUT2D eigenvalue weighted by atomic mass is 79.9. The number of rotatable bonds is 7. The van der Waals surface area contributed by atoms with Crippen molar-refractivity contribution in [1.82, 2.24) is 9.97 Å². The fourth-order valence-corrected chi connectivity index (χ4v) is 3.57. The van der Waals surface area contributed by atoms with E-state index in [0.29, 0.717) is 10.2 Å².